The number of phenolic OH excluding ortho intramolecular Hbond substituents is 1. The smallest absolute Gasteiger partial charge is 0.337 e. The number of carboxylic acid groups (broad SMARTS) is 1. The number of rotatable bonds is 4. The Kier molecular flexibility index (Phi) is 4.73. The van der Waals surface area contributed by atoms with Crippen LogP contribution in [-0.4, -0.2) is 28.8 Å². The van der Waals surface area contributed by atoms with E-state index in [2.05, 4.69) is 33.1 Å². The van der Waals surface area contributed by atoms with Gasteiger partial charge in [0.05, 0.1) is 17.8 Å². The lowest BCUT2D eigenvalue weighted by Gasteiger charge is -2.09. The van der Waals surface area contributed by atoms with Crippen LogP contribution in [-0.2, 0) is 0 Å². The number of carboxylic acids is 1. The summed E-state index contributed by atoms with van der Waals surface area (Å²) in [6.45, 7) is 3.75. The molecule has 0 bridgehead atoms. The van der Waals surface area contributed by atoms with Crippen LogP contribution in [0.4, 0.5) is 10.5 Å². The Hall–Kier alpha value is -2.02. The Morgan fingerprint density at radius 2 is 2.06 bits per heavy atom. The Morgan fingerprint density at radius 1 is 1.39 bits per heavy atom. The second-order valence-electron chi connectivity index (χ2n) is 3.36. The summed E-state index contributed by atoms with van der Waals surface area (Å²) in [6, 6.07) is 3.08. The van der Waals surface area contributed by atoms with Gasteiger partial charge in [-0.15, -0.1) is 0 Å². The lowest BCUT2D eigenvalue weighted by molar-refractivity contribution is 0.0697. The molecule has 2 amide bonds. The van der Waals surface area contributed by atoms with E-state index in [0.717, 1.165) is 6.07 Å². The van der Waals surface area contributed by atoms with Crippen molar-refractivity contribution in [1.29, 1.82) is 0 Å². The van der Waals surface area contributed by atoms with Gasteiger partial charge < -0.3 is 20.8 Å². The van der Waals surface area contributed by atoms with Gasteiger partial charge in [-0.2, -0.15) is 0 Å². The van der Waals surface area contributed by atoms with Crippen molar-refractivity contribution < 1.29 is 19.8 Å². The number of nitrogens with one attached hydrogen (secondary N) is 2. The first-order chi connectivity index (χ1) is 8.40. The van der Waals surface area contributed by atoms with Gasteiger partial charge in [0.2, 0.25) is 0 Å². The van der Waals surface area contributed by atoms with Gasteiger partial charge in [-0.05, 0) is 18.2 Å². The Balaban J connectivity index is 2.81. The van der Waals surface area contributed by atoms with Crippen LogP contribution >= 0.6 is 15.9 Å². The second kappa shape index (κ2) is 6.06. The molecule has 0 spiro atoms. The maximum Gasteiger partial charge on any atom is 0.337 e. The highest BCUT2D eigenvalue weighted by Gasteiger charge is 2.13. The van der Waals surface area contributed by atoms with Gasteiger partial charge in [0.15, 0.2) is 0 Å². The number of amides is 2. The van der Waals surface area contributed by atoms with E-state index < -0.39 is 12.0 Å². The van der Waals surface area contributed by atoms with Crippen LogP contribution < -0.4 is 10.6 Å². The number of aromatic hydroxyl groups is 1. The molecule has 0 heterocycles. The van der Waals surface area contributed by atoms with Gasteiger partial charge >= 0.3 is 12.0 Å². The molecule has 1 aromatic carbocycles. The summed E-state index contributed by atoms with van der Waals surface area (Å²) in [6.07, 6.45) is 0. The van der Waals surface area contributed by atoms with Crippen molar-refractivity contribution in [3.05, 3.63) is 34.8 Å². The lowest BCUT2D eigenvalue weighted by Crippen LogP contribution is -2.30. The Labute approximate surface area is 111 Å². The molecule has 1 aromatic rings. The van der Waals surface area contributed by atoms with Crippen molar-refractivity contribution in [1.82, 2.24) is 5.32 Å². The van der Waals surface area contributed by atoms with E-state index in [0.29, 0.717) is 4.48 Å². The van der Waals surface area contributed by atoms with E-state index in [1.807, 2.05) is 0 Å². The number of phenols is 1. The number of carbonyl (C=O) groups excluding carboxylic acids is 1. The molecule has 4 N–H and O–H groups in total. The Morgan fingerprint density at radius 3 is 2.61 bits per heavy atom. The first kappa shape index (κ1) is 14.0. The SMILES string of the molecule is C=C(Br)CNC(=O)Nc1ccc(O)cc1C(=O)O. The molecular formula is C11H11BrN2O4. The molecule has 0 unspecified atom stereocenters. The molecule has 0 saturated carbocycles. The van der Waals surface area contributed by atoms with Crippen LogP contribution in [0.3, 0.4) is 0 Å². The second-order valence-corrected chi connectivity index (χ2v) is 4.48. The summed E-state index contributed by atoms with van der Waals surface area (Å²) in [5, 5.41) is 22.9. The summed E-state index contributed by atoms with van der Waals surface area (Å²) in [5.41, 5.74) is -0.0965. The van der Waals surface area contributed by atoms with Crippen molar-refractivity contribution in [3.8, 4) is 5.75 Å². The fourth-order valence-corrected chi connectivity index (χ4v) is 1.30. The minimum atomic E-state index is -1.24. The van der Waals surface area contributed by atoms with E-state index in [-0.39, 0.29) is 23.5 Å². The fourth-order valence-electron chi connectivity index (χ4n) is 1.16. The van der Waals surface area contributed by atoms with Crippen molar-refractivity contribution in [2.45, 2.75) is 0 Å². The van der Waals surface area contributed by atoms with Crippen LogP contribution in [0.25, 0.3) is 0 Å². The summed E-state index contributed by atoms with van der Waals surface area (Å²) in [7, 11) is 0. The summed E-state index contributed by atoms with van der Waals surface area (Å²) in [5.74, 6) is -1.43. The third kappa shape index (κ3) is 4.10. The largest absolute Gasteiger partial charge is 0.508 e. The zero-order chi connectivity index (χ0) is 13.7. The van der Waals surface area contributed by atoms with Crippen molar-refractivity contribution in [2.24, 2.45) is 0 Å². The average Bonchev–Trinajstić information content (AvgIpc) is 2.28. The van der Waals surface area contributed by atoms with Gasteiger partial charge in [0.25, 0.3) is 0 Å². The van der Waals surface area contributed by atoms with Crippen LogP contribution in [0.15, 0.2) is 29.3 Å². The third-order valence-corrected chi connectivity index (χ3v) is 2.20. The molecule has 96 valence electrons. The van der Waals surface area contributed by atoms with Crippen LogP contribution in [0.5, 0.6) is 5.75 Å². The van der Waals surface area contributed by atoms with Gasteiger partial charge in [-0.3, -0.25) is 0 Å². The summed E-state index contributed by atoms with van der Waals surface area (Å²) >= 11 is 3.07. The van der Waals surface area contributed by atoms with Gasteiger partial charge in [-0.1, -0.05) is 22.5 Å². The zero-order valence-corrected chi connectivity index (χ0v) is 10.8. The topological polar surface area (TPSA) is 98.7 Å². The minimum Gasteiger partial charge on any atom is -0.508 e. The highest BCUT2D eigenvalue weighted by molar-refractivity contribution is 9.11. The normalized spacial score (nSPS) is 9.61. The van der Waals surface area contributed by atoms with E-state index in [1.54, 1.807) is 0 Å². The molecule has 0 fully saturated rings. The van der Waals surface area contributed by atoms with E-state index in [1.165, 1.54) is 12.1 Å². The fraction of sp³-hybridized carbons (Fsp3) is 0.0909. The highest BCUT2D eigenvalue weighted by Crippen LogP contribution is 2.21. The first-order valence-electron chi connectivity index (χ1n) is 4.84. The number of urea groups is 1. The van der Waals surface area contributed by atoms with Crippen LogP contribution in [0, 0.1) is 0 Å². The van der Waals surface area contributed by atoms with E-state index in [9.17, 15) is 14.7 Å². The monoisotopic (exact) mass is 314 g/mol. The molecule has 0 aliphatic carbocycles. The number of aromatic carboxylic acids is 1. The first-order valence-corrected chi connectivity index (χ1v) is 5.64. The highest BCUT2D eigenvalue weighted by atomic mass is 79.9. The quantitative estimate of drug-likeness (QED) is 0.640. The predicted octanol–water partition coefficient (Wildman–Crippen LogP) is 2.12. The molecule has 6 nitrogen and oxygen atoms in total. The van der Waals surface area contributed by atoms with Gasteiger partial charge in [0, 0.05) is 4.48 Å². The molecule has 0 radical (unpaired) electrons. The van der Waals surface area contributed by atoms with Crippen molar-refractivity contribution in [3.63, 3.8) is 0 Å². The molecule has 0 atom stereocenters. The van der Waals surface area contributed by atoms with Gasteiger partial charge in [-0.25, -0.2) is 9.59 Å². The maximum absolute atomic E-state index is 11.4. The van der Waals surface area contributed by atoms with Crippen molar-refractivity contribution in [2.75, 3.05) is 11.9 Å². The van der Waals surface area contributed by atoms with Gasteiger partial charge in [0.1, 0.15) is 5.75 Å². The van der Waals surface area contributed by atoms with Crippen LogP contribution in [0.1, 0.15) is 10.4 Å². The molecule has 1 rings (SSSR count). The molecule has 0 aliphatic rings. The minimum absolute atomic E-state index is 0.0954. The maximum atomic E-state index is 11.4. The number of hydrogen-bond acceptors (Lipinski definition) is 3. The lowest BCUT2D eigenvalue weighted by atomic mass is 10.1. The molecule has 0 aliphatic heterocycles. The molecular weight excluding hydrogens is 304 g/mol. The predicted molar refractivity (Wildman–Crippen MR) is 70.2 cm³/mol. The molecule has 0 aromatic heterocycles. The number of hydrogen-bond donors (Lipinski definition) is 4. The Bertz CT molecular complexity index is 502. The van der Waals surface area contributed by atoms with E-state index >= 15 is 0 Å². The van der Waals surface area contributed by atoms with Crippen molar-refractivity contribution >= 4 is 33.6 Å². The molecule has 18 heavy (non-hydrogen) atoms. The average molecular weight is 315 g/mol. The standard InChI is InChI=1S/C11H11BrN2O4/c1-6(12)5-13-11(18)14-9-3-2-7(15)4-8(9)10(16)17/h2-4,15H,1,5H2,(H,16,17)(H2,13,14,18). The number of carbonyl (C=O) groups is 2. The zero-order valence-electron chi connectivity index (χ0n) is 9.24. The summed E-state index contributed by atoms with van der Waals surface area (Å²) < 4.78 is 0.585. The summed E-state index contributed by atoms with van der Waals surface area (Å²) in [4.78, 5) is 22.4. The van der Waals surface area contributed by atoms with E-state index in [4.69, 9.17) is 5.11 Å². The number of halogens is 1. The molecule has 0 saturated heterocycles. The third-order valence-electron chi connectivity index (χ3n) is 1.92. The number of anilines is 1. The molecule has 7 heteroatoms. The number of benzene rings is 1. The van der Waals surface area contributed by atoms with Crippen LogP contribution in [0.2, 0.25) is 0 Å².